The highest BCUT2D eigenvalue weighted by molar-refractivity contribution is 7.26. The van der Waals surface area contributed by atoms with Crippen molar-refractivity contribution in [1.29, 1.82) is 0 Å². The summed E-state index contributed by atoms with van der Waals surface area (Å²) in [6.07, 6.45) is 0. The minimum atomic E-state index is 0.540. The summed E-state index contributed by atoms with van der Waals surface area (Å²) in [4.78, 5) is 22.7. The van der Waals surface area contributed by atoms with E-state index >= 15 is 0 Å². The Hall–Kier alpha value is -13.7. The lowest BCUT2D eigenvalue weighted by Gasteiger charge is -2.16. The topological polar surface area (TPSA) is 74.6 Å². The molecule has 0 amide bonds. The molecular formula is C100H56N6OS3. The first-order chi connectivity index (χ1) is 54.5. The number of para-hydroxylation sites is 1. The fraction of sp³-hybridized carbons (Fsp3) is 0. The van der Waals surface area contributed by atoms with Crippen LogP contribution < -0.4 is 0 Å². The van der Waals surface area contributed by atoms with Crippen LogP contribution in [0.5, 0.6) is 0 Å². The second-order valence-corrected chi connectivity index (χ2v) is 31.9. The maximum atomic E-state index is 6.32. The van der Waals surface area contributed by atoms with E-state index in [1.807, 2.05) is 40.9 Å². The highest BCUT2D eigenvalue weighted by Crippen LogP contribution is 2.48. The summed E-state index contributed by atoms with van der Waals surface area (Å²) >= 11 is 5.36. The van der Waals surface area contributed by atoms with Crippen LogP contribution in [0.2, 0.25) is 0 Å². The number of hydrogen-bond acceptors (Lipinski definition) is 8. The van der Waals surface area contributed by atoms with Gasteiger partial charge < -0.3 is 13.6 Å². The van der Waals surface area contributed by atoms with Crippen LogP contribution in [0.1, 0.15) is 0 Å². The second kappa shape index (κ2) is 23.9. The molecule has 0 saturated carbocycles. The van der Waals surface area contributed by atoms with Crippen molar-refractivity contribution in [3.05, 3.63) is 340 Å². The van der Waals surface area contributed by atoms with Gasteiger partial charge in [0.2, 0.25) is 5.71 Å². The lowest BCUT2D eigenvalue weighted by Crippen LogP contribution is -1.99. The monoisotopic (exact) mass is 1450 g/mol. The van der Waals surface area contributed by atoms with Crippen molar-refractivity contribution in [1.82, 2.24) is 29.1 Å². The maximum absolute atomic E-state index is 6.32. The Morgan fingerprint density at radius 1 is 0.245 bits per heavy atom. The van der Waals surface area contributed by atoms with E-state index in [1.165, 1.54) is 132 Å². The standard InChI is InChI=1S/C52H29N3S2.C48H27N3OS/c1-3-13-32-27-44-41(25-30(32)11-1)42-26-31-12-2-4-14-33(31)28-45(42)55(44)43-24-23-39(35-15-5-6-16-36(35)43)50-49(54-52-51(53-50)40-18-8-10-20-47(40)57-52)34-21-22-38-37-17-7-9-19-46(37)56-48(38)29-34;1-2-12-30-26-40-39(25-29(30)11-1)37-23-20-28-10-3-4-15-34(28)47(37)51(40)33-14-9-13-31(24-33)44-45(50-48-46(49-44)38-17-5-7-18-41(38)52-48)32-21-22-36-35-16-6-8-19-42(35)53-43(36)27-32/h1-29H;1-27H. The molecule has 8 heterocycles. The Labute approximate surface area is 639 Å². The molecule has 25 aromatic rings. The largest absolute Gasteiger partial charge is 0.436 e. The zero-order valence-corrected chi connectivity index (χ0v) is 61.1. The number of benzene rings is 17. The van der Waals surface area contributed by atoms with E-state index in [0.29, 0.717) is 5.71 Å². The van der Waals surface area contributed by atoms with Crippen LogP contribution >= 0.6 is 34.0 Å². The van der Waals surface area contributed by atoms with E-state index < -0.39 is 0 Å². The summed E-state index contributed by atoms with van der Waals surface area (Å²) in [6, 6.07) is 123. The summed E-state index contributed by atoms with van der Waals surface area (Å²) in [5.41, 5.74) is 17.6. The molecule has 25 rings (SSSR count). The van der Waals surface area contributed by atoms with Crippen molar-refractivity contribution < 1.29 is 4.42 Å². The van der Waals surface area contributed by atoms with Crippen molar-refractivity contribution >= 4 is 214 Å². The predicted octanol–water partition coefficient (Wildman–Crippen LogP) is 28.6. The highest BCUT2D eigenvalue weighted by atomic mass is 32.1. The smallest absolute Gasteiger partial charge is 0.246 e. The molecule has 0 spiro atoms. The minimum Gasteiger partial charge on any atom is -0.436 e. The zero-order valence-electron chi connectivity index (χ0n) is 58.6. The van der Waals surface area contributed by atoms with Crippen LogP contribution in [-0.4, -0.2) is 29.1 Å². The maximum Gasteiger partial charge on any atom is 0.246 e. The first-order valence-corrected chi connectivity index (χ1v) is 39.5. The summed E-state index contributed by atoms with van der Waals surface area (Å²) in [6.45, 7) is 0. The summed E-state index contributed by atoms with van der Waals surface area (Å²) in [5.74, 6) is 0. The Morgan fingerprint density at radius 3 is 1.33 bits per heavy atom. The number of fused-ring (bicyclic) bond motifs is 24. The highest BCUT2D eigenvalue weighted by Gasteiger charge is 2.26. The van der Waals surface area contributed by atoms with Crippen LogP contribution in [0.25, 0.3) is 237 Å². The van der Waals surface area contributed by atoms with Crippen molar-refractivity contribution in [3.8, 4) is 56.4 Å². The first kappa shape index (κ1) is 61.4. The minimum absolute atomic E-state index is 0.540. The molecule has 0 unspecified atom stereocenters. The van der Waals surface area contributed by atoms with Gasteiger partial charge >= 0.3 is 0 Å². The molecule has 0 bridgehead atoms. The molecule has 7 nitrogen and oxygen atoms in total. The van der Waals surface area contributed by atoms with E-state index in [0.717, 1.165) is 99.4 Å². The van der Waals surface area contributed by atoms with Crippen LogP contribution in [0, 0.1) is 0 Å². The molecular weight excluding hydrogens is 1400 g/mol. The first-order valence-electron chi connectivity index (χ1n) is 37.0. The average molecular weight is 1450 g/mol. The van der Waals surface area contributed by atoms with E-state index in [2.05, 4.69) is 331 Å². The predicted molar refractivity (Wildman–Crippen MR) is 468 cm³/mol. The van der Waals surface area contributed by atoms with E-state index in [4.69, 9.17) is 24.4 Å². The quantitative estimate of drug-likeness (QED) is 0.166. The number of aromatic nitrogens is 6. The lowest BCUT2D eigenvalue weighted by atomic mass is 9.96. The van der Waals surface area contributed by atoms with Gasteiger partial charge in [-0.15, -0.1) is 34.0 Å². The molecule has 0 aliphatic rings. The summed E-state index contributed by atoms with van der Waals surface area (Å²) < 4.78 is 17.5. The van der Waals surface area contributed by atoms with Crippen molar-refractivity contribution in [2.45, 2.75) is 0 Å². The Morgan fingerprint density at radius 2 is 0.700 bits per heavy atom. The van der Waals surface area contributed by atoms with Crippen molar-refractivity contribution in [2.24, 2.45) is 0 Å². The third-order valence-electron chi connectivity index (χ3n) is 22.5. The van der Waals surface area contributed by atoms with Crippen molar-refractivity contribution in [2.75, 3.05) is 0 Å². The Bertz CT molecular complexity index is 8180. The third kappa shape index (κ3) is 9.40. The molecule has 0 N–H and O–H groups in total. The van der Waals surface area contributed by atoms with E-state index in [1.54, 1.807) is 11.3 Å². The van der Waals surface area contributed by atoms with Crippen LogP contribution in [-0.2, 0) is 0 Å². The molecule has 0 atom stereocenters. The average Bonchev–Trinajstić information content (AvgIpc) is 1.56. The van der Waals surface area contributed by atoms with Gasteiger partial charge in [0.05, 0.1) is 44.8 Å². The van der Waals surface area contributed by atoms with Crippen LogP contribution in [0.15, 0.2) is 344 Å². The van der Waals surface area contributed by atoms with Gasteiger partial charge in [0.15, 0.2) is 0 Å². The van der Waals surface area contributed by atoms with Crippen LogP contribution in [0.3, 0.4) is 0 Å². The van der Waals surface area contributed by atoms with Gasteiger partial charge in [0.1, 0.15) is 27.1 Å². The van der Waals surface area contributed by atoms with E-state index in [-0.39, 0.29) is 0 Å². The number of furan rings is 1. The van der Waals surface area contributed by atoms with Gasteiger partial charge in [-0.3, -0.25) is 0 Å². The lowest BCUT2D eigenvalue weighted by molar-refractivity contribution is 0.653. The normalized spacial score (nSPS) is 12.2. The van der Waals surface area contributed by atoms with Gasteiger partial charge in [0.25, 0.3) is 0 Å². The molecule has 0 aliphatic heterocycles. The SMILES string of the molecule is c1cc(-c2nc3c(nc2-c2ccc4c(c2)sc2ccccc24)oc2ccccc23)cc(-n2c3cc4ccccc4cc3c3ccc4ccccc4c32)c1.c1ccc2cc3c(cc2c1)c1cc2ccccc2cc1n3-c1ccc(-c2nc3c(nc2-c2ccc4c(c2)sc2ccccc24)sc2ccccc23)c2ccccc12. The Balaban J connectivity index is 0.000000129. The molecule has 17 aromatic carbocycles. The molecule has 110 heavy (non-hydrogen) atoms. The summed E-state index contributed by atoms with van der Waals surface area (Å²) in [5, 5.41) is 24.3. The number of nitrogens with zero attached hydrogens (tertiary/aromatic N) is 6. The fourth-order valence-corrected chi connectivity index (χ4v) is 20.7. The molecule has 0 fully saturated rings. The molecule has 10 heteroatoms. The molecule has 8 aromatic heterocycles. The van der Waals surface area contributed by atoms with Gasteiger partial charge in [-0.2, -0.15) is 0 Å². The fourth-order valence-electron chi connectivity index (χ4n) is 17.4. The molecule has 0 radical (unpaired) electrons. The second-order valence-electron chi connectivity index (χ2n) is 28.7. The van der Waals surface area contributed by atoms with Gasteiger partial charge in [-0.25, -0.2) is 19.9 Å². The molecule has 510 valence electrons. The van der Waals surface area contributed by atoms with Gasteiger partial charge in [0, 0.05) is 116 Å². The Kier molecular flexibility index (Phi) is 13.3. The molecule has 0 saturated heterocycles. The van der Waals surface area contributed by atoms with Gasteiger partial charge in [-0.05, 0) is 146 Å². The third-order valence-corrected chi connectivity index (χ3v) is 25.8. The van der Waals surface area contributed by atoms with Gasteiger partial charge in [-0.1, -0.05) is 237 Å². The molecule has 0 aliphatic carbocycles. The van der Waals surface area contributed by atoms with Crippen molar-refractivity contribution in [3.63, 3.8) is 0 Å². The number of thiophene rings is 3. The van der Waals surface area contributed by atoms with Crippen LogP contribution in [0.4, 0.5) is 0 Å². The summed E-state index contributed by atoms with van der Waals surface area (Å²) in [7, 11) is 0. The number of hydrogen-bond donors (Lipinski definition) is 0. The van der Waals surface area contributed by atoms with E-state index in [9.17, 15) is 0 Å². The number of rotatable bonds is 6. The zero-order chi connectivity index (χ0) is 71.8.